The number of ether oxygens (including phenoxy) is 1. The van der Waals surface area contributed by atoms with Crippen LogP contribution >= 0.6 is 11.8 Å². The van der Waals surface area contributed by atoms with Crippen LogP contribution < -0.4 is 5.73 Å². The molecule has 0 radical (unpaired) electrons. The van der Waals surface area contributed by atoms with Gasteiger partial charge in [0.05, 0.1) is 13.0 Å². The largest absolute Gasteiger partial charge is 0.469 e. The van der Waals surface area contributed by atoms with Gasteiger partial charge in [0.1, 0.15) is 0 Å². The predicted molar refractivity (Wildman–Crippen MR) is 82.8 cm³/mol. The smallest absolute Gasteiger partial charge is 0.313 e. The van der Waals surface area contributed by atoms with Gasteiger partial charge in [0.15, 0.2) is 0 Å². The van der Waals surface area contributed by atoms with Gasteiger partial charge in [-0.1, -0.05) is 42.5 Å². The summed E-state index contributed by atoms with van der Waals surface area (Å²) in [6.45, 7) is 0. The number of nitrogens with two attached hydrogens (primary N) is 1. The molecule has 0 aliphatic rings. The molecule has 0 saturated carbocycles. The maximum atomic E-state index is 12.0. The van der Waals surface area contributed by atoms with Gasteiger partial charge in [-0.3, -0.25) is 4.79 Å². The fraction of sp³-hybridized carbons (Fsp3) is 0.188. The minimum absolute atomic E-state index is 0.224. The number of carbonyl (C=O) groups excluding carboxylic acids is 1. The highest BCUT2D eigenvalue weighted by molar-refractivity contribution is 7.99. The van der Waals surface area contributed by atoms with Crippen LogP contribution in [0, 0.1) is 0 Å². The molecule has 20 heavy (non-hydrogen) atoms. The Hall–Kier alpha value is -1.94. The van der Waals surface area contributed by atoms with E-state index < -0.39 is 0 Å². The van der Waals surface area contributed by atoms with Crippen molar-refractivity contribution in [3.63, 3.8) is 0 Å². The standard InChI is InChI=1S/C16H17NO2S/c1-19-16(18)13(12-7-3-2-4-8-12)11-20-15-10-6-5-9-14(15)17/h2-10,13H,11,17H2,1H3. The van der Waals surface area contributed by atoms with Gasteiger partial charge in [0.2, 0.25) is 0 Å². The van der Waals surface area contributed by atoms with Crippen LogP contribution in [-0.2, 0) is 9.53 Å². The van der Waals surface area contributed by atoms with Crippen molar-refractivity contribution >= 4 is 23.4 Å². The topological polar surface area (TPSA) is 52.3 Å². The maximum Gasteiger partial charge on any atom is 0.313 e. The third-order valence-corrected chi connectivity index (χ3v) is 4.19. The molecule has 0 bridgehead atoms. The maximum absolute atomic E-state index is 12.0. The van der Waals surface area contributed by atoms with E-state index in [2.05, 4.69) is 0 Å². The molecule has 0 aromatic heterocycles. The molecule has 0 amide bonds. The Kier molecular flexibility index (Phi) is 5.07. The second-order valence-electron chi connectivity index (χ2n) is 4.34. The summed E-state index contributed by atoms with van der Waals surface area (Å²) in [4.78, 5) is 12.9. The van der Waals surface area contributed by atoms with Crippen LogP contribution in [0.2, 0.25) is 0 Å². The van der Waals surface area contributed by atoms with Gasteiger partial charge in [-0.15, -0.1) is 11.8 Å². The number of anilines is 1. The van der Waals surface area contributed by atoms with E-state index >= 15 is 0 Å². The molecule has 2 aromatic carbocycles. The average molecular weight is 287 g/mol. The predicted octanol–water partition coefficient (Wildman–Crippen LogP) is 3.32. The minimum Gasteiger partial charge on any atom is -0.469 e. The first kappa shape index (κ1) is 14.5. The zero-order valence-corrected chi connectivity index (χ0v) is 12.1. The zero-order valence-electron chi connectivity index (χ0n) is 11.3. The lowest BCUT2D eigenvalue weighted by Crippen LogP contribution is -2.16. The quantitative estimate of drug-likeness (QED) is 0.521. The fourth-order valence-electron chi connectivity index (χ4n) is 1.91. The number of methoxy groups -OCH3 is 1. The first-order chi connectivity index (χ1) is 9.72. The van der Waals surface area contributed by atoms with Gasteiger partial charge in [-0.25, -0.2) is 0 Å². The van der Waals surface area contributed by atoms with Crippen molar-refractivity contribution in [2.24, 2.45) is 0 Å². The first-order valence-electron chi connectivity index (χ1n) is 6.32. The second-order valence-corrected chi connectivity index (χ2v) is 5.40. The van der Waals surface area contributed by atoms with Crippen LogP contribution in [0.25, 0.3) is 0 Å². The minimum atomic E-state index is -0.286. The molecular weight excluding hydrogens is 270 g/mol. The molecule has 0 spiro atoms. The van der Waals surface area contributed by atoms with Crippen molar-refractivity contribution in [3.05, 3.63) is 60.2 Å². The van der Waals surface area contributed by atoms with E-state index in [0.29, 0.717) is 5.75 Å². The Bertz CT molecular complexity index is 572. The molecule has 0 fully saturated rings. The van der Waals surface area contributed by atoms with Gasteiger partial charge in [-0.2, -0.15) is 0 Å². The molecule has 0 heterocycles. The third kappa shape index (κ3) is 3.54. The summed E-state index contributed by atoms with van der Waals surface area (Å²) >= 11 is 1.57. The Labute approximate surface area is 123 Å². The van der Waals surface area contributed by atoms with E-state index in [1.54, 1.807) is 11.8 Å². The summed E-state index contributed by atoms with van der Waals surface area (Å²) in [6, 6.07) is 17.3. The normalized spacial score (nSPS) is 11.8. The molecule has 0 saturated heterocycles. The number of rotatable bonds is 5. The molecule has 4 heteroatoms. The van der Waals surface area contributed by atoms with Gasteiger partial charge in [-0.05, 0) is 17.7 Å². The third-order valence-electron chi connectivity index (χ3n) is 3.01. The number of nitrogen functional groups attached to an aromatic ring is 1. The zero-order chi connectivity index (χ0) is 14.4. The monoisotopic (exact) mass is 287 g/mol. The Balaban J connectivity index is 2.14. The highest BCUT2D eigenvalue weighted by atomic mass is 32.2. The van der Waals surface area contributed by atoms with E-state index in [1.807, 2.05) is 54.6 Å². The van der Waals surface area contributed by atoms with Crippen LogP contribution in [-0.4, -0.2) is 18.8 Å². The van der Waals surface area contributed by atoms with Crippen molar-refractivity contribution in [1.29, 1.82) is 0 Å². The van der Waals surface area contributed by atoms with Crippen LogP contribution in [0.4, 0.5) is 5.69 Å². The lowest BCUT2D eigenvalue weighted by molar-refractivity contribution is -0.141. The lowest BCUT2D eigenvalue weighted by Gasteiger charge is -2.15. The van der Waals surface area contributed by atoms with Crippen molar-refractivity contribution in [1.82, 2.24) is 0 Å². The van der Waals surface area contributed by atoms with Crippen LogP contribution in [0.15, 0.2) is 59.5 Å². The molecule has 0 aliphatic carbocycles. The van der Waals surface area contributed by atoms with Crippen molar-refractivity contribution < 1.29 is 9.53 Å². The molecule has 104 valence electrons. The van der Waals surface area contributed by atoms with E-state index in [4.69, 9.17) is 10.5 Å². The number of hydrogen-bond donors (Lipinski definition) is 1. The van der Waals surface area contributed by atoms with Gasteiger partial charge < -0.3 is 10.5 Å². The Morgan fingerprint density at radius 1 is 1.15 bits per heavy atom. The SMILES string of the molecule is COC(=O)C(CSc1ccccc1N)c1ccccc1. The summed E-state index contributed by atoms with van der Waals surface area (Å²) in [6.07, 6.45) is 0. The van der Waals surface area contributed by atoms with E-state index in [-0.39, 0.29) is 11.9 Å². The van der Waals surface area contributed by atoms with Crippen molar-refractivity contribution in [2.75, 3.05) is 18.6 Å². The molecule has 2 rings (SSSR count). The highest BCUT2D eigenvalue weighted by Crippen LogP contribution is 2.30. The summed E-state index contributed by atoms with van der Waals surface area (Å²) in [5.74, 6) is 0.0919. The molecule has 1 atom stereocenters. The van der Waals surface area contributed by atoms with E-state index in [0.717, 1.165) is 16.1 Å². The van der Waals surface area contributed by atoms with Crippen LogP contribution in [0.5, 0.6) is 0 Å². The first-order valence-corrected chi connectivity index (χ1v) is 7.31. The molecule has 2 aromatic rings. The molecule has 3 nitrogen and oxygen atoms in total. The summed E-state index contributed by atoms with van der Waals surface area (Å²) in [7, 11) is 1.42. The van der Waals surface area contributed by atoms with E-state index in [9.17, 15) is 4.79 Å². The summed E-state index contributed by atoms with van der Waals surface area (Å²) < 4.78 is 4.90. The number of hydrogen-bond acceptors (Lipinski definition) is 4. The summed E-state index contributed by atoms with van der Waals surface area (Å²) in [5, 5.41) is 0. The number of carbonyl (C=O) groups is 1. The highest BCUT2D eigenvalue weighted by Gasteiger charge is 2.21. The average Bonchev–Trinajstić information content (AvgIpc) is 2.50. The molecule has 1 unspecified atom stereocenters. The molecular formula is C16H17NO2S. The van der Waals surface area contributed by atoms with Gasteiger partial charge in [0.25, 0.3) is 0 Å². The van der Waals surface area contributed by atoms with Crippen molar-refractivity contribution in [2.45, 2.75) is 10.8 Å². The van der Waals surface area contributed by atoms with Crippen LogP contribution in [0.1, 0.15) is 11.5 Å². The van der Waals surface area contributed by atoms with E-state index in [1.165, 1.54) is 7.11 Å². The summed E-state index contributed by atoms with van der Waals surface area (Å²) in [5.41, 5.74) is 7.61. The molecule has 0 aliphatic heterocycles. The lowest BCUT2D eigenvalue weighted by atomic mass is 10.0. The fourth-order valence-corrected chi connectivity index (χ4v) is 3.00. The number of esters is 1. The molecule has 2 N–H and O–H groups in total. The van der Waals surface area contributed by atoms with Gasteiger partial charge in [0, 0.05) is 16.3 Å². The van der Waals surface area contributed by atoms with Gasteiger partial charge >= 0.3 is 5.97 Å². The Morgan fingerprint density at radius 3 is 2.45 bits per heavy atom. The Morgan fingerprint density at radius 2 is 1.80 bits per heavy atom. The number of para-hydroxylation sites is 1. The van der Waals surface area contributed by atoms with Crippen molar-refractivity contribution in [3.8, 4) is 0 Å². The number of thioether (sulfide) groups is 1. The number of benzene rings is 2. The second kappa shape index (κ2) is 7.01. The van der Waals surface area contributed by atoms with Crippen LogP contribution in [0.3, 0.4) is 0 Å².